The third kappa shape index (κ3) is 16.3. The minimum Gasteiger partial charge on any atom is -0.481 e. The number of carboxylic acids is 1. The Morgan fingerprint density at radius 2 is 1.30 bits per heavy atom. The van der Waals surface area contributed by atoms with Gasteiger partial charge in [0.15, 0.2) is 0 Å². The Morgan fingerprint density at radius 3 is 1.35 bits per heavy atom. The number of ketones is 1. The number of hydrogen-bond donors (Lipinski definition) is 1. The van der Waals surface area contributed by atoms with Gasteiger partial charge in [-0.2, -0.15) is 0 Å². The van der Waals surface area contributed by atoms with Crippen molar-refractivity contribution < 1.29 is 38.3 Å². The maximum Gasteiger partial charge on any atom is 1.00 e. The minimum atomic E-state index is -0.722. The maximum atomic E-state index is 10.7. The van der Waals surface area contributed by atoms with Gasteiger partial charge < -0.3 is 17.3 Å². The Kier molecular flexibility index (Phi) is 20.3. The van der Waals surface area contributed by atoms with Crippen molar-refractivity contribution in [2.75, 3.05) is 13.2 Å². The van der Waals surface area contributed by atoms with Crippen molar-refractivity contribution in [2.24, 2.45) is 10.8 Å². The van der Waals surface area contributed by atoms with E-state index in [1.165, 1.54) is 12.8 Å². The zero-order valence-electron chi connectivity index (χ0n) is 16.9. The predicted molar refractivity (Wildman–Crippen MR) is 92.9 cm³/mol. The standard InChI is InChI=1S/C7H14O.C6H12O2.C4H8O.CH3.Li/c1-5-7(3,4)6(2)8;1-4-6(2,3)5(7)8;1-2-4-5-3-1;;/h5H2,1-4H3;4H2,1-3H3,(H,7,8);1-4H2;1H3;/q;;;-1;+1. The van der Waals surface area contributed by atoms with Crippen molar-refractivity contribution in [2.45, 2.75) is 74.1 Å². The van der Waals surface area contributed by atoms with Gasteiger partial charge >= 0.3 is 24.8 Å². The van der Waals surface area contributed by atoms with Crippen molar-refractivity contribution in [1.82, 2.24) is 0 Å². The molecule has 5 heteroatoms. The Bertz CT molecular complexity index is 275. The number of carbonyl (C=O) groups is 2. The van der Waals surface area contributed by atoms with E-state index in [0.717, 1.165) is 19.6 Å². The summed E-state index contributed by atoms with van der Waals surface area (Å²) in [5, 5.41) is 8.44. The first kappa shape index (κ1) is 30.6. The molecule has 0 spiro atoms. The normalized spacial score (nSPS) is 13.2. The molecule has 134 valence electrons. The fraction of sp³-hybridized carbons (Fsp3) is 0.833. The number of aliphatic carboxylic acids is 1. The molecular weight excluding hydrogens is 287 g/mol. The van der Waals surface area contributed by atoms with E-state index in [2.05, 4.69) is 0 Å². The monoisotopic (exact) mass is 324 g/mol. The van der Waals surface area contributed by atoms with E-state index in [1.54, 1.807) is 20.8 Å². The van der Waals surface area contributed by atoms with Gasteiger partial charge in [-0.15, -0.1) is 0 Å². The van der Waals surface area contributed by atoms with E-state index in [1.807, 2.05) is 27.7 Å². The number of hydrogen-bond acceptors (Lipinski definition) is 3. The van der Waals surface area contributed by atoms with Crippen LogP contribution in [0.4, 0.5) is 0 Å². The molecule has 1 rings (SSSR count). The van der Waals surface area contributed by atoms with E-state index in [0.29, 0.717) is 6.42 Å². The zero-order chi connectivity index (χ0) is 17.1. The van der Waals surface area contributed by atoms with Gasteiger partial charge in [0.2, 0.25) is 0 Å². The number of rotatable bonds is 4. The number of carbonyl (C=O) groups excluding carboxylic acids is 1. The molecule has 0 atom stereocenters. The molecule has 0 aromatic carbocycles. The molecule has 0 amide bonds. The fourth-order valence-electron chi connectivity index (χ4n) is 0.910. The van der Waals surface area contributed by atoms with E-state index < -0.39 is 11.4 Å². The average molecular weight is 324 g/mol. The minimum absolute atomic E-state index is 0. The number of Topliss-reactive ketones (excluding diaryl/α,β-unsaturated/α-hetero) is 1. The van der Waals surface area contributed by atoms with Crippen LogP contribution in [0.1, 0.15) is 74.1 Å². The van der Waals surface area contributed by atoms with Crippen molar-refractivity contribution in [3.8, 4) is 0 Å². The van der Waals surface area contributed by atoms with Gasteiger partial charge in [0.05, 0.1) is 5.41 Å². The van der Waals surface area contributed by atoms with Crippen LogP contribution in [-0.2, 0) is 14.3 Å². The molecule has 0 radical (unpaired) electrons. The second-order valence-corrected chi connectivity index (χ2v) is 6.66. The molecule has 1 aliphatic heterocycles. The van der Waals surface area contributed by atoms with Crippen LogP contribution < -0.4 is 18.9 Å². The molecule has 0 unspecified atom stereocenters. The van der Waals surface area contributed by atoms with Crippen LogP contribution in [0.15, 0.2) is 0 Å². The van der Waals surface area contributed by atoms with E-state index >= 15 is 0 Å². The average Bonchev–Trinajstić information content (AvgIpc) is 2.98. The summed E-state index contributed by atoms with van der Waals surface area (Å²) in [6.07, 6.45) is 4.17. The SMILES string of the molecule is C1CCOC1.CCC(C)(C)C(=O)O.CCC(C)(C)C(C)=O.[CH3-].[Li+]. The molecule has 1 heterocycles. The van der Waals surface area contributed by atoms with Gasteiger partial charge in [0.1, 0.15) is 5.78 Å². The van der Waals surface area contributed by atoms with Gasteiger partial charge in [0, 0.05) is 18.6 Å². The Morgan fingerprint density at radius 1 is 0.957 bits per heavy atom. The molecule has 23 heavy (non-hydrogen) atoms. The first-order valence-electron chi connectivity index (χ1n) is 7.83. The topological polar surface area (TPSA) is 63.6 Å². The Balaban J connectivity index is -0.000000115. The number of carboxylic acid groups (broad SMARTS) is 1. The smallest absolute Gasteiger partial charge is 0.481 e. The van der Waals surface area contributed by atoms with Crippen molar-refractivity contribution >= 4 is 11.8 Å². The summed E-state index contributed by atoms with van der Waals surface area (Å²) in [6.45, 7) is 14.9. The molecule has 0 aliphatic carbocycles. The second kappa shape index (κ2) is 15.2. The summed E-state index contributed by atoms with van der Waals surface area (Å²) in [5.41, 5.74) is -0.639. The van der Waals surface area contributed by atoms with Gasteiger partial charge in [-0.25, -0.2) is 0 Å². The first-order chi connectivity index (χ1) is 9.51. The molecule has 1 aliphatic rings. The van der Waals surface area contributed by atoms with Gasteiger partial charge in [-0.1, -0.05) is 27.7 Å². The van der Waals surface area contributed by atoms with Crippen molar-refractivity contribution in [1.29, 1.82) is 0 Å². The fourth-order valence-corrected chi connectivity index (χ4v) is 0.910. The van der Waals surface area contributed by atoms with Gasteiger partial charge in [-0.3, -0.25) is 9.59 Å². The molecule has 1 N–H and O–H groups in total. The number of ether oxygens (including phenoxy) is 1. The molecule has 0 saturated carbocycles. The summed E-state index contributed by atoms with van der Waals surface area (Å²) in [4.78, 5) is 20.9. The van der Waals surface area contributed by atoms with Crippen LogP contribution >= 0.6 is 0 Å². The maximum absolute atomic E-state index is 10.7. The quantitative estimate of drug-likeness (QED) is 0.632. The van der Waals surface area contributed by atoms with Crippen molar-refractivity contribution in [3.05, 3.63) is 7.43 Å². The third-order valence-corrected chi connectivity index (χ3v) is 4.13. The second-order valence-electron chi connectivity index (χ2n) is 6.66. The van der Waals surface area contributed by atoms with Crippen LogP contribution in [0.3, 0.4) is 0 Å². The van der Waals surface area contributed by atoms with Crippen molar-refractivity contribution in [3.63, 3.8) is 0 Å². The summed E-state index contributed by atoms with van der Waals surface area (Å²) >= 11 is 0. The zero-order valence-corrected chi connectivity index (χ0v) is 16.9. The Hall–Kier alpha value is -0.303. The molecule has 1 fully saturated rings. The summed E-state index contributed by atoms with van der Waals surface area (Å²) in [6, 6.07) is 0. The molecule has 4 nitrogen and oxygen atoms in total. The van der Waals surface area contributed by atoms with E-state index in [4.69, 9.17) is 9.84 Å². The summed E-state index contributed by atoms with van der Waals surface area (Å²) in [7, 11) is 0. The van der Waals surface area contributed by atoms with Crippen LogP contribution in [0.25, 0.3) is 0 Å². The van der Waals surface area contributed by atoms with E-state index in [9.17, 15) is 9.59 Å². The molecule has 0 aromatic heterocycles. The third-order valence-electron chi connectivity index (χ3n) is 4.13. The van der Waals surface area contributed by atoms with E-state index in [-0.39, 0.29) is 37.5 Å². The van der Waals surface area contributed by atoms with Crippen LogP contribution in [-0.4, -0.2) is 30.1 Å². The predicted octanol–water partition coefficient (Wildman–Crippen LogP) is 1.77. The molecule has 1 saturated heterocycles. The Labute approximate surface area is 155 Å². The first-order valence-corrected chi connectivity index (χ1v) is 7.83. The molecule has 0 aromatic rings. The molecule has 0 bridgehead atoms. The van der Waals surface area contributed by atoms with Gasteiger partial charge in [-0.05, 0) is 46.5 Å². The summed E-state index contributed by atoms with van der Waals surface area (Å²) < 4.78 is 4.94. The summed E-state index contributed by atoms with van der Waals surface area (Å²) in [5.74, 6) is -0.444. The largest absolute Gasteiger partial charge is 1.00 e. The van der Waals surface area contributed by atoms with Crippen LogP contribution in [0.5, 0.6) is 0 Å². The molecular formula is C18H37LiO4. The van der Waals surface area contributed by atoms with Crippen LogP contribution in [0.2, 0.25) is 0 Å². The van der Waals surface area contributed by atoms with Gasteiger partial charge in [0.25, 0.3) is 0 Å². The van der Waals surface area contributed by atoms with Crippen LogP contribution in [0, 0.1) is 18.3 Å².